The Balaban J connectivity index is 3.50. The van der Waals surface area contributed by atoms with Crippen LogP contribution in [0.4, 0.5) is 0 Å². The Bertz CT molecular complexity index is 70.0. The number of rotatable bonds is 5. The van der Waals surface area contributed by atoms with Gasteiger partial charge in [0.15, 0.2) is 0 Å². The molecule has 3 heteroatoms. The van der Waals surface area contributed by atoms with Crippen LogP contribution < -0.4 is 5.43 Å². The lowest BCUT2D eigenvalue weighted by Gasteiger charge is -2.28. The van der Waals surface area contributed by atoms with Crippen molar-refractivity contribution in [1.29, 1.82) is 0 Å². The topological polar surface area (TPSA) is 15.3 Å². The molecule has 0 spiro atoms. The number of hydrogen-bond acceptors (Lipinski definition) is 2. The molecule has 0 aliphatic carbocycles. The monoisotopic (exact) mass is 164 g/mol. The molecule has 0 aromatic rings. The van der Waals surface area contributed by atoms with Crippen molar-refractivity contribution in [3.05, 3.63) is 0 Å². The quantitative estimate of drug-likeness (QED) is 0.472. The first-order valence-corrected chi connectivity index (χ1v) is 6.09. The molecule has 0 atom stereocenters. The average molecular weight is 164 g/mol. The van der Waals surface area contributed by atoms with Gasteiger partial charge in [-0.1, -0.05) is 13.8 Å². The Morgan fingerprint density at radius 1 is 1.30 bits per heavy atom. The van der Waals surface area contributed by atoms with Crippen molar-refractivity contribution < 1.29 is 0 Å². The van der Waals surface area contributed by atoms with Crippen molar-refractivity contribution >= 4 is 11.1 Å². The summed E-state index contributed by atoms with van der Waals surface area (Å²) in [6.45, 7) is 6.57. The highest BCUT2D eigenvalue weighted by Crippen LogP contribution is 2.17. The van der Waals surface area contributed by atoms with E-state index in [0.29, 0.717) is 0 Å². The largest absolute Gasteiger partial charge is 0.247 e. The summed E-state index contributed by atoms with van der Waals surface area (Å²) in [7, 11) is 0. The molecular formula is C7H20N2S. The van der Waals surface area contributed by atoms with Crippen LogP contribution in [-0.2, 0) is 0 Å². The highest BCUT2D eigenvalue weighted by Gasteiger charge is 2.01. The van der Waals surface area contributed by atoms with E-state index < -0.39 is 0 Å². The van der Waals surface area contributed by atoms with Crippen LogP contribution in [0.25, 0.3) is 0 Å². The second kappa shape index (κ2) is 6.01. The van der Waals surface area contributed by atoms with E-state index in [-0.39, 0.29) is 11.1 Å². The molecular weight excluding hydrogens is 144 g/mol. The molecule has 10 heavy (non-hydrogen) atoms. The van der Waals surface area contributed by atoms with E-state index in [2.05, 4.69) is 36.2 Å². The maximum Gasteiger partial charge on any atom is 0.0222 e. The van der Waals surface area contributed by atoms with Crippen LogP contribution in [0.15, 0.2) is 0 Å². The predicted molar refractivity (Wildman–Crippen MR) is 51.5 cm³/mol. The van der Waals surface area contributed by atoms with Gasteiger partial charge in [0.2, 0.25) is 0 Å². The van der Waals surface area contributed by atoms with E-state index >= 15 is 0 Å². The third-order valence-corrected chi connectivity index (χ3v) is 2.57. The number of hydrazine groups is 1. The van der Waals surface area contributed by atoms with E-state index in [4.69, 9.17) is 0 Å². The standard InChI is InChI=1S/C7H20N2S/c1-5-7-9(8-6-2)10(3)4/h8,10H,5-7H2,1-4H3. The van der Waals surface area contributed by atoms with Gasteiger partial charge in [-0.05, 0) is 18.9 Å². The molecule has 0 saturated carbocycles. The van der Waals surface area contributed by atoms with Gasteiger partial charge in [-0.25, -0.2) is 9.84 Å². The second-order valence-corrected chi connectivity index (χ2v) is 4.66. The molecule has 0 aliphatic heterocycles. The van der Waals surface area contributed by atoms with Crippen LogP contribution in [0, 0.1) is 0 Å². The molecule has 0 aliphatic rings. The first-order valence-electron chi connectivity index (χ1n) is 3.90. The molecule has 2 nitrogen and oxygen atoms in total. The van der Waals surface area contributed by atoms with Crippen LogP contribution >= 0.6 is 11.1 Å². The van der Waals surface area contributed by atoms with Crippen molar-refractivity contribution in [3.8, 4) is 0 Å². The fourth-order valence-electron chi connectivity index (χ4n) is 0.815. The average Bonchev–Trinajstić information content (AvgIpc) is 1.87. The smallest absolute Gasteiger partial charge is 0.0222 e. The number of thiol groups is 1. The van der Waals surface area contributed by atoms with E-state index in [9.17, 15) is 0 Å². The zero-order valence-electron chi connectivity index (χ0n) is 7.52. The summed E-state index contributed by atoms with van der Waals surface area (Å²) in [4.78, 5) is 0. The van der Waals surface area contributed by atoms with Gasteiger partial charge in [-0.15, -0.1) is 0 Å². The van der Waals surface area contributed by atoms with Gasteiger partial charge in [0.05, 0.1) is 0 Å². The van der Waals surface area contributed by atoms with Gasteiger partial charge < -0.3 is 0 Å². The zero-order valence-corrected chi connectivity index (χ0v) is 8.41. The predicted octanol–water partition coefficient (Wildman–Crippen LogP) is 1.40. The Hall–Kier alpha value is 0.270. The van der Waals surface area contributed by atoms with E-state index in [1.54, 1.807) is 0 Å². The first-order chi connectivity index (χ1) is 4.72. The van der Waals surface area contributed by atoms with E-state index in [1.165, 1.54) is 13.0 Å². The van der Waals surface area contributed by atoms with Crippen molar-refractivity contribution in [2.45, 2.75) is 20.3 Å². The van der Waals surface area contributed by atoms with Gasteiger partial charge in [0.1, 0.15) is 0 Å². The molecule has 0 unspecified atom stereocenters. The summed E-state index contributed by atoms with van der Waals surface area (Å²) in [6.07, 6.45) is 5.77. The van der Waals surface area contributed by atoms with Crippen LogP contribution in [0.1, 0.15) is 20.3 Å². The van der Waals surface area contributed by atoms with Crippen molar-refractivity contribution in [2.75, 3.05) is 25.6 Å². The second-order valence-electron chi connectivity index (χ2n) is 2.48. The van der Waals surface area contributed by atoms with Crippen LogP contribution in [-0.4, -0.2) is 30.0 Å². The highest BCUT2D eigenvalue weighted by atomic mass is 32.2. The molecule has 0 aromatic heterocycles. The molecule has 0 rings (SSSR count). The molecule has 0 aromatic carbocycles. The maximum atomic E-state index is 3.35. The fourth-order valence-corrected chi connectivity index (χ4v) is 1.84. The van der Waals surface area contributed by atoms with Crippen LogP contribution in [0.5, 0.6) is 0 Å². The number of hydrogen-bond donors (Lipinski definition) is 2. The minimum absolute atomic E-state index is 0.0466. The first kappa shape index (κ1) is 10.3. The molecule has 0 heterocycles. The van der Waals surface area contributed by atoms with Gasteiger partial charge >= 0.3 is 0 Å². The molecule has 0 bridgehead atoms. The Kier molecular flexibility index (Phi) is 6.17. The lowest BCUT2D eigenvalue weighted by molar-refractivity contribution is 0.358. The van der Waals surface area contributed by atoms with Crippen molar-refractivity contribution in [1.82, 2.24) is 9.84 Å². The summed E-state index contributed by atoms with van der Waals surface area (Å²) < 4.78 is 2.34. The normalized spacial score (nSPS) is 12.3. The summed E-state index contributed by atoms with van der Waals surface area (Å²) in [5.74, 6) is 0. The molecule has 64 valence electrons. The minimum Gasteiger partial charge on any atom is -0.247 e. The Morgan fingerprint density at radius 3 is 2.20 bits per heavy atom. The molecule has 0 radical (unpaired) electrons. The lowest BCUT2D eigenvalue weighted by Crippen LogP contribution is -2.35. The summed E-state index contributed by atoms with van der Waals surface area (Å²) in [5, 5.41) is 0. The van der Waals surface area contributed by atoms with Crippen molar-refractivity contribution in [2.24, 2.45) is 0 Å². The summed E-state index contributed by atoms with van der Waals surface area (Å²) in [5.41, 5.74) is 3.35. The maximum absolute atomic E-state index is 3.35. The molecule has 0 amide bonds. The number of nitrogens with one attached hydrogen (secondary N) is 1. The van der Waals surface area contributed by atoms with Gasteiger partial charge in [0.25, 0.3) is 0 Å². The van der Waals surface area contributed by atoms with Gasteiger partial charge in [-0.3, -0.25) is 0 Å². The third-order valence-electron chi connectivity index (χ3n) is 1.26. The van der Waals surface area contributed by atoms with Gasteiger partial charge in [-0.2, -0.15) is 11.1 Å². The van der Waals surface area contributed by atoms with Crippen LogP contribution in [0.2, 0.25) is 0 Å². The summed E-state index contributed by atoms with van der Waals surface area (Å²) in [6, 6.07) is 0. The zero-order chi connectivity index (χ0) is 7.98. The Labute approximate surface area is 67.4 Å². The fraction of sp³-hybridized carbons (Fsp3) is 1.00. The highest BCUT2D eigenvalue weighted by molar-refractivity contribution is 8.13. The third kappa shape index (κ3) is 4.14. The van der Waals surface area contributed by atoms with E-state index in [1.807, 2.05) is 0 Å². The lowest BCUT2D eigenvalue weighted by atomic mass is 10.5. The Morgan fingerprint density at radius 2 is 1.90 bits per heavy atom. The minimum atomic E-state index is 0.0466. The SMILES string of the molecule is CCCN(NCC)[SH](C)C. The molecule has 1 N–H and O–H groups in total. The van der Waals surface area contributed by atoms with Crippen LogP contribution in [0.3, 0.4) is 0 Å². The van der Waals surface area contributed by atoms with E-state index in [0.717, 1.165) is 6.54 Å². The van der Waals surface area contributed by atoms with Crippen molar-refractivity contribution in [3.63, 3.8) is 0 Å². The number of nitrogens with zero attached hydrogens (tertiary/aromatic N) is 1. The summed E-state index contributed by atoms with van der Waals surface area (Å²) >= 11 is 0.0466. The molecule has 0 saturated heterocycles. The molecule has 0 fully saturated rings. The van der Waals surface area contributed by atoms with Gasteiger partial charge in [0, 0.05) is 13.1 Å².